The molecule has 1 atom stereocenters. The van der Waals surface area contributed by atoms with Crippen molar-refractivity contribution in [3.05, 3.63) is 24.5 Å². The number of nitrogens with two attached hydrogens (primary N) is 1. The van der Waals surface area contributed by atoms with Crippen LogP contribution >= 0.6 is 11.8 Å². The minimum atomic E-state index is -4.83. The minimum Gasteiger partial charge on any atom is -0.320 e. The van der Waals surface area contributed by atoms with E-state index in [1.54, 1.807) is 12.1 Å². The monoisotopic (exact) mass is 403 g/mol. The zero-order chi connectivity index (χ0) is 20.4. The molecule has 0 unspecified atom stereocenters. The molecule has 1 aromatic heterocycles. The first-order valence-electron chi connectivity index (χ1n) is 7.81. The number of anilines is 1. The second kappa shape index (κ2) is 10.6. The summed E-state index contributed by atoms with van der Waals surface area (Å²) in [6.07, 6.45) is -1.77. The molecule has 0 aromatic carbocycles. The summed E-state index contributed by atoms with van der Waals surface area (Å²) in [6, 6.07) is 3.89. The lowest BCUT2D eigenvalue weighted by Gasteiger charge is -2.11. The molecule has 27 heavy (non-hydrogen) atoms. The number of pyridine rings is 1. The van der Waals surface area contributed by atoms with Crippen LogP contribution in [0.1, 0.15) is 24.1 Å². The van der Waals surface area contributed by atoms with E-state index in [1.165, 1.54) is 23.0 Å². The van der Waals surface area contributed by atoms with Crippen molar-refractivity contribution in [1.82, 2.24) is 0 Å². The highest BCUT2D eigenvalue weighted by molar-refractivity contribution is 7.99. The second-order valence-corrected chi connectivity index (χ2v) is 6.55. The highest BCUT2D eigenvalue weighted by Gasteiger charge is 2.37. The topological polar surface area (TPSA) is 117 Å². The second-order valence-electron chi connectivity index (χ2n) is 5.44. The number of rotatable bonds is 9. The Hall–Kier alpha value is -2.45. The Bertz CT molecular complexity index is 734. The molecule has 3 N–H and O–H groups in total. The molecule has 0 aliphatic heterocycles. The summed E-state index contributed by atoms with van der Waals surface area (Å²) in [4.78, 5) is 34.4. The van der Waals surface area contributed by atoms with Gasteiger partial charge in [0.2, 0.25) is 17.9 Å². The van der Waals surface area contributed by atoms with Crippen molar-refractivity contribution >= 4 is 35.0 Å². The summed E-state index contributed by atoms with van der Waals surface area (Å²) < 4.78 is 37.3. The van der Waals surface area contributed by atoms with E-state index >= 15 is 0 Å². The third-order valence-electron chi connectivity index (χ3n) is 3.28. The molecule has 0 saturated carbocycles. The number of nitrogens with one attached hydrogen (secondary N) is 1. The Labute approximate surface area is 157 Å². The Morgan fingerprint density at radius 2 is 2.07 bits per heavy atom. The van der Waals surface area contributed by atoms with Gasteiger partial charge in [0.15, 0.2) is 12.6 Å². The molecule has 0 saturated heterocycles. The van der Waals surface area contributed by atoms with Crippen molar-refractivity contribution in [1.29, 1.82) is 5.26 Å². The Balaban J connectivity index is 2.40. The molecular formula is C16H18F3N4O3S+. The average molecular weight is 403 g/mol. The number of nitrogens with zero attached hydrogens (tertiary/aromatic N) is 2. The largest absolute Gasteiger partial charge is 0.450 e. The first kappa shape index (κ1) is 22.6. The molecule has 0 aliphatic rings. The van der Waals surface area contributed by atoms with Gasteiger partial charge in [-0.15, -0.1) is 4.57 Å². The Morgan fingerprint density at radius 1 is 1.37 bits per heavy atom. The van der Waals surface area contributed by atoms with Crippen LogP contribution in [0.5, 0.6) is 0 Å². The van der Waals surface area contributed by atoms with Crippen LogP contribution in [0.25, 0.3) is 0 Å². The van der Waals surface area contributed by atoms with E-state index in [0.717, 1.165) is 11.8 Å². The number of carbonyl (C=O) groups is 3. The molecular weight excluding hydrogens is 385 g/mol. The number of hydrogen-bond acceptors (Lipinski definition) is 6. The standard InChI is InChI=1S/C16H17F3N4O3S/c17-16(18,19)13(24)10-27-8-2-4-12(21)15(26)22-11-3-1-7-23(9-11)14(25)5-6-20/h1,3,7,9,12H,2,4-5,8,10,21H2/p+1/t12-/m0/s1. The maximum atomic E-state index is 12.0. The normalized spacial score (nSPS) is 12.1. The van der Waals surface area contributed by atoms with Gasteiger partial charge >= 0.3 is 12.1 Å². The first-order valence-corrected chi connectivity index (χ1v) is 8.96. The van der Waals surface area contributed by atoms with Crippen LogP contribution in [0.15, 0.2) is 24.5 Å². The van der Waals surface area contributed by atoms with Crippen molar-refractivity contribution in [3.8, 4) is 6.07 Å². The van der Waals surface area contributed by atoms with Gasteiger partial charge in [0.25, 0.3) is 0 Å². The summed E-state index contributed by atoms with van der Waals surface area (Å²) in [5, 5.41) is 11.1. The fourth-order valence-electron chi connectivity index (χ4n) is 1.88. The van der Waals surface area contributed by atoms with E-state index < -0.39 is 35.6 Å². The quantitative estimate of drug-likeness (QED) is 0.476. The van der Waals surface area contributed by atoms with Gasteiger partial charge in [-0.05, 0) is 24.7 Å². The SMILES string of the molecule is N#CCC(=O)[n+]1cccc(NC(=O)[C@@H](N)CCCSCC(=O)C(F)(F)F)c1. The van der Waals surface area contributed by atoms with Gasteiger partial charge < -0.3 is 11.1 Å². The summed E-state index contributed by atoms with van der Waals surface area (Å²) in [5.41, 5.74) is 6.05. The van der Waals surface area contributed by atoms with E-state index in [4.69, 9.17) is 11.0 Å². The number of carbonyl (C=O) groups excluding carboxylic acids is 3. The van der Waals surface area contributed by atoms with Crippen LogP contribution in [0, 0.1) is 11.3 Å². The number of halogens is 3. The maximum absolute atomic E-state index is 12.0. The molecule has 0 fully saturated rings. The minimum absolute atomic E-state index is 0.221. The van der Waals surface area contributed by atoms with Gasteiger partial charge in [-0.25, -0.2) is 4.79 Å². The Morgan fingerprint density at radius 3 is 2.70 bits per heavy atom. The molecule has 1 heterocycles. The third kappa shape index (κ3) is 8.19. The zero-order valence-corrected chi connectivity index (χ0v) is 15.0. The molecule has 146 valence electrons. The van der Waals surface area contributed by atoms with Crippen LogP contribution in [0.3, 0.4) is 0 Å². The predicted octanol–water partition coefficient (Wildman–Crippen LogP) is 1.44. The van der Waals surface area contributed by atoms with Gasteiger partial charge in [-0.2, -0.15) is 30.2 Å². The van der Waals surface area contributed by atoms with Crippen molar-refractivity contribution in [3.63, 3.8) is 0 Å². The molecule has 0 bridgehead atoms. The van der Waals surface area contributed by atoms with E-state index in [9.17, 15) is 27.6 Å². The van der Waals surface area contributed by atoms with E-state index in [2.05, 4.69) is 5.32 Å². The first-order chi connectivity index (χ1) is 12.6. The summed E-state index contributed by atoms with van der Waals surface area (Å²) in [5.74, 6) is -3.17. The molecule has 1 amide bonds. The van der Waals surface area contributed by atoms with E-state index in [1.807, 2.05) is 0 Å². The van der Waals surface area contributed by atoms with Crippen LogP contribution in [-0.4, -0.2) is 41.3 Å². The summed E-state index contributed by atoms with van der Waals surface area (Å²) >= 11 is 0.832. The van der Waals surface area contributed by atoms with Crippen LogP contribution < -0.4 is 15.6 Å². The highest BCUT2D eigenvalue weighted by atomic mass is 32.2. The number of alkyl halides is 3. The molecule has 1 rings (SSSR count). The molecule has 0 aliphatic carbocycles. The number of nitriles is 1. The lowest BCUT2D eigenvalue weighted by atomic mass is 10.1. The van der Waals surface area contributed by atoms with Crippen molar-refractivity contribution in [2.75, 3.05) is 16.8 Å². The fraction of sp³-hybridized carbons (Fsp3) is 0.438. The smallest absolute Gasteiger partial charge is 0.320 e. The number of Topliss-reactive ketones (excluding diaryl/α,β-unsaturated/α-hetero) is 1. The lowest BCUT2D eigenvalue weighted by molar-refractivity contribution is -0.573. The van der Waals surface area contributed by atoms with Gasteiger partial charge in [-0.3, -0.25) is 9.59 Å². The molecule has 1 aromatic rings. The lowest BCUT2D eigenvalue weighted by Crippen LogP contribution is -2.42. The number of thioether (sulfide) groups is 1. The summed E-state index contributed by atoms with van der Waals surface area (Å²) in [7, 11) is 0. The summed E-state index contributed by atoms with van der Waals surface area (Å²) in [6.45, 7) is 0. The molecule has 11 heteroatoms. The van der Waals surface area contributed by atoms with Crippen molar-refractivity contribution in [2.24, 2.45) is 5.73 Å². The molecule has 7 nitrogen and oxygen atoms in total. The Kier molecular flexibility index (Phi) is 8.90. The maximum Gasteiger partial charge on any atom is 0.450 e. The van der Waals surface area contributed by atoms with Crippen LogP contribution in [-0.2, 0) is 9.59 Å². The highest BCUT2D eigenvalue weighted by Crippen LogP contribution is 2.19. The van der Waals surface area contributed by atoms with Gasteiger partial charge in [0, 0.05) is 6.07 Å². The molecule has 0 radical (unpaired) electrons. The zero-order valence-electron chi connectivity index (χ0n) is 14.2. The van der Waals surface area contributed by atoms with Crippen LogP contribution in [0.4, 0.5) is 18.9 Å². The fourth-order valence-corrected chi connectivity index (χ4v) is 2.75. The van der Waals surface area contributed by atoms with E-state index in [0.29, 0.717) is 12.1 Å². The number of aromatic nitrogens is 1. The van der Waals surface area contributed by atoms with Gasteiger partial charge in [-0.1, -0.05) is 0 Å². The average Bonchev–Trinajstić information content (AvgIpc) is 2.60. The van der Waals surface area contributed by atoms with Crippen LogP contribution in [0.2, 0.25) is 0 Å². The van der Waals surface area contributed by atoms with Gasteiger partial charge in [0.1, 0.15) is 5.69 Å². The molecule has 0 spiro atoms. The van der Waals surface area contributed by atoms with Gasteiger partial charge in [0.05, 0.1) is 17.9 Å². The number of hydrogen-bond donors (Lipinski definition) is 2. The number of amides is 1. The third-order valence-corrected chi connectivity index (χ3v) is 4.32. The number of ketones is 1. The van der Waals surface area contributed by atoms with Crippen molar-refractivity contribution in [2.45, 2.75) is 31.5 Å². The van der Waals surface area contributed by atoms with E-state index in [-0.39, 0.29) is 18.6 Å². The predicted molar refractivity (Wildman–Crippen MR) is 91.7 cm³/mol. The van der Waals surface area contributed by atoms with Crippen molar-refractivity contribution < 1.29 is 32.1 Å².